The maximum absolute atomic E-state index is 12.4. The quantitative estimate of drug-likeness (QED) is 0.910. The van der Waals surface area contributed by atoms with E-state index in [1.54, 1.807) is 0 Å². The largest absolute Gasteiger partial charge is 0.372 e. The molecule has 5 nitrogen and oxygen atoms in total. The number of ether oxygens (including phenoxy) is 1. The molecule has 0 spiro atoms. The molecule has 0 aromatic heterocycles. The number of nitrogens with one attached hydrogen (secondary N) is 1. The van der Waals surface area contributed by atoms with E-state index >= 15 is 0 Å². The molecule has 0 aliphatic carbocycles. The van der Waals surface area contributed by atoms with Crippen molar-refractivity contribution < 1.29 is 9.53 Å². The van der Waals surface area contributed by atoms with Crippen molar-refractivity contribution in [3.8, 4) is 0 Å². The third kappa shape index (κ3) is 3.53. The van der Waals surface area contributed by atoms with Crippen molar-refractivity contribution in [3.05, 3.63) is 30.3 Å². The number of benzene rings is 1. The minimum atomic E-state index is 0.0434. The molecule has 0 radical (unpaired) electrons. The lowest BCUT2D eigenvalue weighted by molar-refractivity contribution is -0.0547. The summed E-state index contributed by atoms with van der Waals surface area (Å²) in [5.74, 6) is 0. The van der Waals surface area contributed by atoms with Crippen LogP contribution in [0.15, 0.2) is 30.3 Å². The van der Waals surface area contributed by atoms with Gasteiger partial charge in [0, 0.05) is 37.9 Å². The number of morpholine rings is 1. The SMILES string of the molecule is CC1CN(C(=O)NC2CCN(c3ccccc3)C2)CC(C)O1. The normalized spacial score (nSPS) is 28.7. The molecule has 1 N–H and O–H groups in total. The number of nitrogens with zero attached hydrogens (tertiary/aromatic N) is 2. The summed E-state index contributed by atoms with van der Waals surface area (Å²) in [6.45, 7) is 7.25. The fourth-order valence-corrected chi connectivity index (χ4v) is 3.36. The molecule has 0 saturated carbocycles. The highest BCUT2D eigenvalue weighted by Crippen LogP contribution is 2.20. The Morgan fingerprint density at radius 3 is 2.50 bits per heavy atom. The number of urea groups is 1. The van der Waals surface area contributed by atoms with Crippen molar-refractivity contribution in [3.63, 3.8) is 0 Å². The van der Waals surface area contributed by atoms with Gasteiger partial charge in [0.05, 0.1) is 12.2 Å². The van der Waals surface area contributed by atoms with E-state index < -0.39 is 0 Å². The lowest BCUT2D eigenvalue weighted by Gasteiger charge is -2.35. The Bertz CT molecular complexity index is 498. The summed E-state index contributed by atoms with van der Waals surface area (Å²) in [4.78, 5) is 16.6. The maximum atomic E-state index is 12.4. The average Bonchev–Trinajstić information content (AvgIpc) is 2.95. The zero-order chi connectivity index (χ0) is 15.5. The smallest absolute Gasteiger partial charge is 0.317 e. The first kappa shape index (κ1) is 15.2. The van der Waals surface area contributed by atoms with Gasteiger partial charge >= 0.3 is 6.03 Å². The second-order valence-corrected chi connectivity index (χ2v) is 6.38. The van der Waals surface area contributed by atoms with E-state index in [0.717, 1.165) is 19.5 Å². The highest BCUT2D eigenvalue weighted by atomic mass is 16.5. The third-order valence-electron chi connectivity index (χ3n) is 4.34. The summed E-state index contributed by atoms with van der Waals surface area (Å²) < 4.78 is 5.68. The molecule has 2 heterocycles. The third-order valence-corrected chi connectivity index (χ3v) is 4.34. The molecule has 3 atom stereocenters. The second-order valence-electron chi connectivity index (χ2n) is 6.38. The molecule has 1 aromatic carbocycles. The molecule has 0 bridgehead atoms. The van der Waals surface area contributed by atoms with Crippen LogP contribution in [0.5, 0.6) is 0 Å². The first-order chi connectivity index (χ1) is 10.6. The van der Waals surface area contributed by atoms with E-state index in [-0.39, 0.29) is 24.3 Å². The fourth-order valence-electron chi connectivity index (χ4n) is 3.36. The number of hydrogen-bond acceptors (Lipinski definition) is 3. The van der Waals surface area contributed by atoms with Crippen LogP contribution < -0.4 is 10.2 Å². The zero-order valence-electron chi connectivity index (χ0n) is 13.4. The molecule has 2 saturated heterocycles. The Balaban J connectivity index is 1.53. The van der Waals surface area contributed by atoms with E-state index in [0.29, 0.717) is 13.1 Å². The zero-order valence-corrected chi connectivity index (χ0v) is 13.4. The lowest BCUT2D eigenvalue weighted by atomic mass is 10.2. The molecule has 5 heteroatoms. The monoisotopic (exact) mass is 303 g/mol. The van der Waals surface area contributed by atoms with Gasteiger partial charge in [-0.1, -0.05) is 18.2 Å². The standard InChI is InChI=1S/C17H25N3O2/c1-13-10-20(11-14(2)22-13)17(21)18-15-8-9-19(12-15)16-6-4-3-5-7-16/h3-7,13-15H,8-12H2,1-2H3,(H,18,21). The van der Waals surface area contributed by atoms with E-state index in [2.05, 4.69) is 34.5 Å². The Morgan fingerprint density at radius 2 is 1.82 bits per heavy atom. The van der Waals surface area contributed by atoms with E-state index in [1.165, 1.54) is 5.69 Å². The van der Waals surface area contributed by atoms with Gasteiger partial charge in [0.25, 0.3) is 0 Å². The summed E-state index contributed by atoms with van der Waals surface area (Å²) in [5, 5.41) is 3.18. The summed E-state index contributed by atoms with van der Waals surface area (Å²) >= 11 is 0. The van der Waals surface area contributed by atoms with Crippen LogP contribution in [0.4, 0.5) is 10.5 Å². The molecular formula is C17H25N3O2. The van der Waals surface area contributed by atoms with Crippen LogP contribution in [-0.2, 0) is 4.74 Å². The van der Waals surface area contributed by atoms with Gasteiger partial charge < -0.3 is 19.9 Å². The highest BCUT2D eigenvalue weighted by Gasteiger charge is 2.29. The van der Waals surface area contributed by atoms with Crippen LogP contribution in [0.3, 0.4) is 0 Å². The predicted molar refractivity (Wildman–Crippen MR) is 87.2 cm³/mol. The molecule has 2 aliphatic rings. The van der Waals surface area contributed by atoms with Crippen molar-refractivity contribution in [2.45, 2.75) is 38.5 Å². The van der Waals surface area contributed by atoms with Crippen molar-refractivity contribution in [2.75, 3.05) is 31.1 Å². The van der Waals surface area contributed by atoms with E-state index in [9.17, 15) is 4.79 Å². The number of hydrogen-bond donors (Lipinski definition) is 1. The van der Waals surface area contributed by atoms with E-state index in [4.69, 9.17) is 4.74 Å². The van der Waals surface area contributed by atoms with E-state index in [1.807, 2.05) is 24.8 Å². The van der Waals surface area contributed by atoms with Crippen LogP contribution in [0, 0.1) is 0 Å². The highest BCUT2D eigenvalue weighted by molar-refractivity contribution is 5.75. The van der Waals surface area contributed by atoms with Gasteiger partial charge in [-0.05, 0) is 32.4 Å². The maximum Gasteiger partial charge on any atom is 0.317 e. The van der Waals surface area contributed by atoms with Crippen LogP contribution in [0.2, 0.25) is 0 Å². The van der Waals surface area contributed by atoms with Crippen LogP contribution in [0.1, 0.15) is 20.3 Å². The summed E-state index contributed by atoms with van der Waals surface area (Å²) in [5.41, 5.74) is 1.23. The van der Waals surface area contributed by atoms with Crippen LogP contribution >= 0.6 is 0 Å². The molecule has 3 unspecified atom stereocenters. The van der Waals surface area contributed by atoms with Gasteiger partial charge in [-0.25, -0.2) is 4.79 Å². The molecule has 2 fully saturated rings. The van der Waals surface area contributed by atoms with Gasteiger partial charge in [-0.2, -0.15) is 0 Å². The number of para-hydroxylation sites is 1. The number of carbonyl (C=O) groups is 1. The van der Waals surface area contributed by atoms with Gasteiger partial charge in [0.2, 0.25) is 0 Å². The Morgan fingerprint density at radius 1 is 1.14 bits per heavy atom. The van der Waals surface area contributed by atoms with Crippen molar-refractivity contribution in [2.24, 2.45) is 0 Å². The summed E-state index contributed by atoms with van der Waals surface area (Å²) in [7, 11) is 0. The second kappa shape index (κ2) is 6.57. The molecule has 120 valence electrons. The molecule has 1 aromatic rings. The molecule has 2 amide bonds. The Kier molecular flexibility index (Phi) is 4.52. The van der Waals surface area contributed by atoms with Crippen molar-refractivity contribution >= 4 is 11.7 Å². The van der Waals surface area contributed by atoms with Crippen LogP contribution in [0.25, 0.3) is 0 Å². The molecule has 3 rings (SSSR count). The van der Waals surface area contributed by atoms with Gasteiger partial charge in [0.15, 0.2) is 0 Å². The lowest BCUT2D eigenvalue weighted by Crippen LogP contribution is -2.53. The fraction of sp³-hybridized carbons (Fsp3) is 0.588. The molecule has 22 heavy (non-hydrogen) atoms. The molecule has 2 aliphatic heterocycles. The predicted octanol–water partition coefficient (Wildman–Crippen LogP) is 2.08. The van der Waals surface area contributed by atoms with Gasteiger partial charge in [0.1, 0.15) is 0 Å². The van der Waals surface area contributed by atoms with Crippen LogP contribution in [-0.4, -0.2) is 55.4 Å². The van der Waals surface area contributed by atoms with Gasteiger partial charge in [-0.15, -0.1) is 0 Å². The minimum Gasteiger partial charge on any atom is -0.372 e. The van der Waals surface area contributed by atoms with Gasteiger partial charge in [-0.3, -0.25) is 0 Å². The Hall–Kier alpha value is -1.75. The van der Waals surface area contributed by atoms with Crippen molar-refractivity contribution in [1.82, 2.24) is 10.2 Å². The van der Waals surface area contributed by atoms with Crippen molar-refractivity contribution in [1.29, 1.82) is 0 Å². The average molecular weight is 303 g/mol. The number of rotatable bonds is 2. The Labute approximate surface area is 132 Å². The summed E-state index contributed by atoms with van der Waals surface area (Å²) in [6.07, 6.45) is 1.22. The molecular weight excluding hydrogens is 278 g/mol. The minimum absolute atomic E-state index is 0.0434. The summed E-state index contributed by atoms with van der Waals surface area (Å²) in [6, 6.07) is 10.6. The topological polar surface area (TPSA) is 44.8 Å². The number of anilines is 1. The first-order valence-corrected chi connectivity index (χ1v) is 8.12. The number of carbonyl (C=O) groups excluding carboxylic acids is 1. The number of amides is 2. The first-order valence-electron chi connectivity index (χ1n) is 8.12.